The molecule has 0 amide bonds. The van der Waals surface area contributed by atoms with Gasteiger partial charge >= 0.3 is 5.97 Å². The van der Waals surface area contributed by atoms with Crippen LogP contribution in [0, 0.1) is 0 Å². The van der Waals surface area contributed by atoms with Crippen LogP contribution in [0.15, 0.2) is 0 Å². The molecule has 1 unspecified atom stereocenters. The van der Waals surface area contributed by atoms with E-state index in [4.69, 9.17) is 5.11 Å². The average Bonchev–Trinajstić information content (AvgIpc) is 1.87. The number of carbonyl (C=O) groups is 1. The van der Waals surface area contributed by atoms with E-state index in [0.717, 1.165) is 6.54 Å². The van der Waals surface area contributed by atoms with E-state index >= 15 is 0 Å². The Morgan fingerprint density at radius 1 is 1.80 bits per heavy atom. The molecular formula is C6H13NO2S. The van der Waals surface area contributed by atoms with Crippen molar-refractivity contribution in [2.75, 3.05) is 19.3 Å². The van der Waals surface area contributed by atoms with Gasteiger partial charge in [-0.3, -0.25) is 4.79 Å². The number of rotatable bonds is 5. The van der Waals surface area contributed by atoms with Crippen molar-refractivity contribution in [2.45, 2.75) is 12.2 Å². The fraction of sp³-hybridized carbons (Fsp3) is 0.833. The number of aliphatic carboxylic acids is 1. The molecule has 0 bridgehead atoms. The number of nitrogens with one attached hydrogen (secondary N) is 1. The minimum absolute atomic E-state index is 0.0604. The molecule has 0 spiro atoms. The molecule has 0 radical (unpaired) electrons. The molecule has 0 aliphatic carbocycles. The van der Waals surface area contributed by atoms with E-state index in [9.17, 15) is 4.79 Å². The number of hydrogen-bond acceptors (Lipinski definition) is 3. The van der Waals surface area contributed by atoms with Gasteiger partial charge in [0.05, 0.1) is 6.54 Å². The standard InChI is InChI=1S/C6H13NO2S/c1-5(10-2)3-7-4-6(8)9/h5,7H,3-4H2,1-2H3,(H,8,9). The zero-order valence-electron chi connectivity index (χ0n) is 6.26. The van der Waals surface area contributed by atoms with E-state index in [-0.39, 0.29) is 6.54 Å². The minimum Gasteiger partial charge on any atom is -0.480 e. The fourth-order valence-corrected chi connectivity index (χ4v) is 0.750. The molecule has 0 aromatic carbocycles. The molecule has 0 saturated carbocycles. The molecule has 0 rings (SSSR count). The predicted octanol–water partition coefficient (Wildman–Crippen LogP) is 0.412. The first kappa shape index (κ1) is 9.78. The van der Waals surface area contributed by atoms with Crippen molar-refractivity contribution in [1.29, 1.82) is 0 Å². The van der Waals surface area contributed by atoms with Crippen LogP contribution in [0.2, 0.25) is 0 Å². The molecule has 2 N–H and O–H groups in total. The Hall–Kier alpha value is -0.220. The molecule has 0 heterocycles. The van der Waals surface area contributed by atoms with Crippen molar-refractivity contribution in [3.63, 3.8) is 0 Å². The first-order valence-corrected chi connectivity index (χ1v) is 4.41. The normalized spacial score (nSPS) is 13.0. The summed E-state index contributed by atoms with van der Waals surface area (Å²) in [6.07, 6.45) is 2.01. The molecule has 0 aliphatic rings. The second-order valence-electron chi connectivity index (χ2n) is 2.07. The molecule has 0 saturated heterocycles. The van der Waals surface area contributed by atoms with Gasteiger partial charge in [-0.15, -0.1) is 0 Å². The summed E-state index contributed by atoms with van der Waals surface area (Å²) in [7, 11) is 0. The summed E-state index contributed by atoms with van der Waals surface area (Å²) in [5.41, 5.74) is 0. The summed E-state index contributed by atoms with van der Waals surface area (Å²) in [5, 5.41) is 11.5. The van der Waals surface area contributed by atoms with Crippen LogP contribution in [0.25, 0.3) is 0 Å². The first-order chi connectivity index (χ1) is 4.66. The van der Waals surface area contributed by atoms with E-state index in [2.05, 4.69) is 12.2 Å². The van der Waals surface area contributed by atoms with Gasteiger partial charge in [0, 0.05) is 11.8 Å². The molecule has 0 aliphatic heterocycles. The minimum atomic E-state index is -0.798. The van der Waals surface area contributed by atoms with Gasteiger partial charge in [0.25, 0.3) is 0 Å². The molecule has 0 aromatic heterocycles. The molecular weight excluding hydrogens is 150 g/mol. The Bertz CT molecular complexity index is 108. The molecule has 0 aromatic rings. The van der Waals surface area contributed by atoms with Crippen LogP contribution in [-0.4, -0.2) is 35.7 Å². The van der Waals surface area contributed by atoms with Crippen molar-refractivity contribution in [1.82, 2.24) is 5.32 Å². The van der Waals surface area contributed by atoms with Gasteiger partial charge in [0.15, 0.2) is 0 Å². The second kappa shape index (κ2) is 5.56. The maximum Gasteiger partial charge on any atom is 0.317 e. The molecule has 4 heteroatoms. The van der Waals surface area contributed by atoms with Gasteiger partial charge in [-0.2, -0.15) is 11.8 Å². The number of carboxylic acids is 1. The Morgan fingerprint density at radius 2 is 2.40 bits per heavy atom. The van der Waals surface area contributed by atoms with Crippen LogP contribution < -0.4 is 5.32 Å². The van der Waals surface area contributed by atoms with Crippen LogP contribution in [0.4, 0.5) is 0 Å². The van der Waals surface area contributed by atoms with E-state index in [1.54, 1.807) is 11.8 Å². The third kappa shape index (κ3) is 5.91. The number of carboxylic acid groups (broad SMARTS) is 1. The SMILES string of the molecule is CSC(C)CNCC(=O)O. The molecule has 0 fully saturated rings. The van der Waals surface area contributed by atoms with Crippen LogP contribution in [-0.2, 0) is 4.79 Å². The molecule has 3 nitrogen and oxygen atoms in total. The highest BCUT2D eigenvalue weighted by Crippen LogP contribution is 2.01. The Kier molecular flexibility index (Phi) is 5.43. The smallest absolute Gasteiger partial charge is 0.317 e. The summed E-state index contributed by atoms with van der Waals surface area (Å²) >= 11 is 1.72. The van der Waals surface area contributed by atoms with Crippen LogP contribution >= 0.6 is 11.8 Å². The maximum absolute atomic E-state index is 10.00. The largest absolute Gasteiger partial charge is 0.480 e. The van der Waals surface area contributed by atoms with Crippen molar-refractivity contribution in [3.8, 4) is 0 Å². The zero-order chi connectivity index (χ0) is 7.98. The lowest BCUT2D eigenvalue weighted by Crippen LogP contribution is -2.28. The fourth-order valence-electron chi connectivity index (χ4n) is 0.466. The van der Waals surface area contributed by atoms with E-state index < -0.39 is 5.97 Å². The Balaban J connectivity index is 3.11. The summed E-state index contributed by atoms with van der Waals surface area (Å²) in [6.45, 7) is 2.87. The number of hydrogen-bond donors (Lipinski definition) is 2. The average molecular weight is 163 g/mol. The zero-order valence-corrected chi connectivity index (χ0v) is 7.07. The third-order valence-corrected chi connectivity index (χ3v) is 2.08. The van der Waals surface area contributed by atoms with Crippen LogP contribution in [0.1, 0.15) is 6.92 Å². The van der Waals surface area contributed by atoms with Gasteiger partial charge in [0.2, 0.25) is 0 Å². The summed E-state index contributed by atoms with van der Waals surface area (Å²) in [5.74, 6) is -0.798. The third-order valence-electron chi connectivity index (χ3n) is 1.11. The van der Waals surface area contributed by atoms with E-state index in [1.807, 2.05) is 6.26 Å². The summed E-state index contributed by atoms with van der Waals surface area (Å²) in [6, 6.07) is 0. The monoisotopic (exact) mass is 163 g/mol. The van der Waals surface area contributed by atoms with E-state index in [1.165, 1.54) is 0 Å². The molecule has 1 atom stereocenters. The highest BCUT2D eigenvalue weighted by molar-refractivity contribution is 7.99. The Morgan fingerprint density at radius 3 is 2.80 bits per heavy atom. The van der Waals surface area contributed by atoms with Crippen LogP contribution in [0.5, 0.6) is 0 Å². The lowest BCUT2D eigenvalue weighted by Gasteiger charge is -2.06. The highest BCUT2D eigenvalue weighted by atomic mass is 32.2. The van der Waals surface area contributed by atoms with Crippen molar-refractivity contribution < 1.29 is 9.90 Å². The van der Waals surface area contributed by atoms with Crippen LogP contribution in [0.3, 0.4) is 0 Å². The van der Waals surface area contributed by atoms with Gasteiger partial charge in [0.1, 0.15) is 0 Å². The van der Waals surface area contributed by atoms with Crippen molar-refractivity contribution in [3.05, 3.63) is 0 Å². The molecule has 60 valence electrons. The quantitative estimate of drug-likeness (QED) is 0.616. The second-order valence-corrected chi connectivity index (χ2v) is 3.35. The molecule has 10 heavy (non-hydrogen) atoms. The Labute approximate surface area is 65.2 Å². The predicted molar refractivity (Wildman–Crippen MR) is 43.5 cm³/mol. The lowest BCUT2D eigenvalue weighted by atomic mass is 10.4. The van der Waals surface area contributed by atoms with Gasteiger partial charge < -0.3 is 10.4 Å². The highest BCUT2D eigenvalue weighted by Gasteiger charge is 1.99. The summed E-state index contributed by atoms with van der Waals surface area (Å²) in [4.78, 5) is 10.00. The van der Waals surface area contributed by atoms with Gasteiger partial charge in [-0.1, -0.05) is 6.92 Å². The van der Waals surface area contributed by atoms with Crippen molar-refractivity contribution in [2.24, 2.45) is 0 Å². The van der Waals surface area contributed by atoms with Gasteiger partial charge in [-0.25, -0.2) is 0 Å². The first-order valence-electron chi connectivity index (χ1n) is 3.12. The lowest BCUT2D eigenvalue weighted by molar-refractivity contribution is -0.135. The van der Waals surface area contributed by atoms with Crippen molar-refractivity contribution >= 4 is 17.7 Å². The van der Waals surface area contributed by atoms with E-state index in [0.29, 0.717) is 5.25 Å². The maximum atomic E-state index is 10.00. The van der Waals surface area contributed by atoms with Gasteiger partial charge in [-0.05, 0) is 6.26 Å². The summed E-state index contributed by atoms with van der Waals surface area (Å²) < 4.78 is 0. The topological polar surface area (TPSA) is 49.3 Å². The number of thioether (sulfide) groups is 1.